The maximum absolute atomic E-state index is 10.5. The van der Waals surface area contributed by atoms with Gasteiger partial charge in [0, 0.05) is 6.42 Å². The van der Waals surface area contributed by atoms with E-state index in [9.17, 15) is 4.79 Å². The van der Waals surface area contributed by atoms with Crippen molar-refractivity contribution in [1.82, 2.24) is 20.2 Å². The molecule has 0 unspecified atom stereocenters. The van der Waals surface area contributed by atoms with Crippen LogP contribution >= 0.6 is 0 Å². The third-order valence-corrected chi connectivity index (χ3v) is 2.35. The number of carboxylic acids is 1. The topological polar surface area (TPSA) is 80.9 Å². The van der Waals surface area contributed by atoms with Crippen molar-refractivity contribution in [2.45, 2.75) is 19.4 Å². The number of carbonyl (C=O) groups is 1. The van der Waals surface area contributed by atoms with Crippen LogP contribution in [0.1, 0.15) is 17.8 Å². The largest absolute Gasteiger partial charge is 0.481 e. The summed E-state index contributed by atoms with van der Waals surface area (Å²) >= 11 is 0. The highest BCUT2D eigenvalue weighted by molar-refractivity contribution is 5.66. The van der Waals surface area contributed by atoms with E-state index in [4.69, 9.17) is 5.11 Å². The number of aryl methyl sites for hydroxylation is 1. The van der Waals surface area contributed by atoms with Gasteiger partial charge < -0.3 is 5.11 Å². The number of hydrogen-bond donors (Lipinski definition) is 1. The van der Waals surface area contributed by atoms with Crippen LogP contribution in [0.4, 0.5) is 0 Å². The smallest absolute Gasteiger partial charge is 0.305 e. The molecule has 0 fully saturated rings. The first kappa shape index (κ1) is 11.3. The number of nitrogens with zero attached hydrogens (tertiary/aromatic N) is 4. The van der Waals surface area contributed by atoms with E-state index in [2.05, 4.69) is 15.5 Å². The van der Waals surface area contributed by atoms with Crippen LogP contribution in [0.2, 0.25) is 0 Å². The van der Waals surface area contributed by atoms with E-state index in [-0.39, 0.29) is 6.42 Å². The fraction of sp³-hybridized carbons (Fsp3) is 0.273. The van der Waals surface area contributed by atoms with Gasteiger partial charge in [0.15, 0.2) is 5.82 Å². The van der Waals surface area contributed by atoms with Gasteiger partial charge in [0.05, 0.1) is 13.0 Å². The first-order valence-corrected chi connectivity index (χ1v) is 5.26. The van der Waals surface area contributed by atoms with Gasteiger partial charge in [0.2, 0.25) is 0 Å². The standard InChI is InChI=1S/C11H12N4O2/c16-11(17)6-7-15-10(12-13-14-15)8-9-4-2-1-3-5-9/h1-5H,6-8H2,(H,16,17). The van der Waals surface area contributed by atoms with Gasteiger partial charge in [0.1, 0.15) is 0 Å². The molecule has 0 spiro atoms. The molecule has 88 valence electrons. The van der Waals surface area contributed by atoms with E-state index < -0.39 is 5.97 Å². The third kappa shape index (κ3) is 3.10. The summed E-state index contributed by atoms with van der Waals surface area (Å²) in [4.78, 5) is 10.5. The number of carboxylic acid groups (broad SMARTS) is 1. The molecule has 0 aliphatic carbocycles. The summed E-state index contributed by atoms with van der Waals surface area (Å²) in [7, 11) is 0. The van der Waals surface area contributed by atoms with Crippen molar-refractivity contribution in [3.05, 3.63) is 41.7 Å². The number of aromatic nitrogens is 4. The minimum atomic E-state index is -0.855. The van der Waals surface area contributed by atoms with Gasteiger partial charge in [-0.3, -0.25) is 4.79 Å². The quantitative estimate of drug-likeness (QED) is 0.822. The molecule has 0 saturated heterocycles. The molecule has 1 aromatic heterocycles. The Morgan fingerprint density at radius 2 is 2.06 bits per heavy atom. The van der Waals surface area contributed by atoms with E-state index in [0.717, 1.165) is 5.56 Å². The predicted molar refractivity (Wildman–Crippen MR) is 59.3 cm³/mol. The zero-order valence-corrected chi connectivity index (χ0v) is 9.15. The maximum Gasteiger partial charge on any atom is 0.305 e. The normalized spacial score (nSPS) is 10.4. The highest BCUT2D eigenvalue weighted by Crippen LogP contribution is 2.06. The van der Waals surface area contributed by atoms with Crippen molar-refractivity contribution in [3.63, 3.8) is 0 Å². The van der Waals surface area contributed by atoms with Crippen LogP contribution in [0.5, 0.6) is 0 Å². The number of hydrogen-bond acceptors (Lipinski definition) is 4. The van der Waals surface area contributed by atoms with E-state index in [1.807, 2.05) is 30.3 Å². The van der Waals surface area contributed by atoms with E-state index in [1.165, 1.54) is 4.68 Å². The van der Waals surface area contributed by atoms with Crippen LogP contribution in [-0.4, -0.2) is 31.3 Å². The van der Waals surface area contributed by atoms with Gasteiger partial charge in [-0.2, -0.15) is 0 Å². The molecule has 1 aromatic carbocycles. The molecule has 0 radical (unpaired) electrons. The van der Waals surface area contributed by atoms with Crippen molar-refractivity contribution in [2.75, 3.05) is 0 Å². The van der Waals surface area contributed by atoms with E-state index >= 15 is 0 Å². The van der Waals surface area contributed by atoms with Crippen molar-refractivity contribution < 1.29 is 9.90 Å². The Balaban J connectivity index is 2.06. The van der Waals surface area contributed by atoms with Crippen molar-refractivity contribution in [2.24, 2.45) is 0 Å². The molecule has 6 heteroatoms. The molecule has 1 N–H and O–H groups in total. The SMILES string of the molecule is O=C(O)CCn1nnnc1Cc1ccccc1. The lowest BCUT2D eigenvalue weighted by molar-refractivity contribution is -0.137. The Morgan fingerprint density at radius 1 is 1.29 bits per heavy atom. The zero-order chi connectivity index (χ0) is 12.1. The highest BCUT2D eigenvalue weighted by Gasteiger charge is 2.08. The average molecular weight is 232 g/mol. The Morgan fingerprint density at radius 3 is 2.76 bits per heavy atom. The second kappa shape index (κ2) is 5.20. The van der Waals surface area contributed by atoms with Crippen molar-refractivity contribution in [3.8, 4) is 0 Å². The second-order valence-corrected chi connectivity index (χ2v) is 3.62. The molecule has 2 aromatic rings. The van der Waals surface area contributed by atoms with Gasteiger partial charge in [0.25, 0.3) is 0 Å². The van der Waals surface area contributed by atoms with Gasteiger partial charge >= 0.3 is 5.97 Å². The van der Waals surface area contributed by atoms with Crippen LogP contribution in [0, 0.1) is 0 Å². The summed E-state index contributed by atoms with van der Waals surface area (Å²) in [6.07, 6.45) is 0.625. The van der Waals surface area contributed by atoms with Crippen LogP contribution in [0.3, 0.4) is 0 Å². The molecule has 0 aliphatic rings. The van der Waals surface area contributed by atoms with Crippen molar-refractivity contribution in [1.29, 1.82) is 0 Å². The molecule has 0 saturated carbocycles. The lowest BCUT2D eigenvalue weighted by atomic mass is 10.1. The van der Waals surface area contributed by atoms with Gasteiger partial charge in [-0.05, 0) is 16.0 Å². The van der Waals surface area contributed by atoms with Crippen LogP contribution in [0.25, 0.3) is 0 Å². The predicted octanol–water partition coefficient (Wildman–Crippen LogP) is 0.739. The minimum absolute atomic E-state index is 0.0207. The van der Waals surface area contributed by atoms with Crippen LogP contribution in [-0.2, 0) is 17.8 Å². The molecule has 0 bridgehead atoms. The van der Waals surface area contributed by atoms with Gasteiger partial charge in [-0.15, -0.1) is 5.10 Å². The molecule has 1 heterocycles. The highest BCUT2D eigenvalue weighted by atomic mass is 16.4. The fourth-order valence-corrected chi connectivity index (χ4v) is 1.50. The molecule has 0 atom stereocenters. The maximum atomic E-state index is 10.5. The number of rotatable bonds is 5. The second-order valence-electron chi connectivity index (χ2n) is 3.62. The lowest BCUT2D eigenvalue weighted by Crippen LogP contribution is -2.10. The van der Waals surface area contributed by atoms with Gasteiger partial charge in [-0.1, -0.05) is 30.3 Å². The summed E-state index contributed by atoms with van der Waals surface area (Å²) < 4.78 is 1.53. The number of aliphatic carboxylic acids is 1. The first-order chi connectivity index (χ1) is 8.25. The van der Waals surface area contributed by atoms with Crippen LogP contribution < -0.4 is 0 Å². The molecule has 0 amide bonds. The summed E-state index contributed by atoms with van der Waals surface area (Å²) in [6.45, 7) is 0.296. The Kier molecular flexibility index (Phi) is 3.44. The lowest BCUT2D eigenvalue weighted by Gasteiger charge is -2.02. The Bertz CT molecular complexity index is 495. The summed E-state index contributed by atoms with van der Waals surface area (Å²) in [6, 6.07) is 9.80. The summed E-state index contributed by atoms with van der Waals surface area (Å²) in [5, 5.41) is 19.9. The molecule has 2 rings (SSSR count). The minimum Gasteiger partial charge on any atom is -0.481 e. The Hall–Kier alpha value is -2.24. The summed E-state index contributed by atoms with van der Waals surface area (Å²) in [5.74, 6) is -0.177. The van der Waals surface area contributed by atoms with E-state index in [0.29, 0.717) is 18.8 Å². The number of benzene rings is 1. The molecular formula is C11H12N4O2. The van der Waals surface area contributed by atoms with Crippen molar-refractivity contribution >= 4 is 5.97 Å². The molecular weight excluding hydrogens is 220 g/mol. The molecule has 0 aliphatic heterocycles. The van der Waals surface area contributed by atoms with Gasteiger partial charge in [-0.25, -0.2) is 4.68 Å². The summed E-state index contributed by atoms with van der Waals surface area (Å²) in [5.41, 5.74) is 1.10. The average Bonchev–Trinajstić information content (AvgIpc) is 2.75. The molecule has 6 nitrogen and oxygen atoms in total. The Labute approximate surface area is 97.9 Å². The monoisotopic (exact) mass is 232 g/mol. The zero-order valence-electron chi connectivity index (χ0n) is 9.15. The first-order valence-electron chi connectivity index (χ1n) is 5.26. The van der Waals surface area contributed by atoms with Crippen LogP contribution in [0.15, 0.2) is 30.3 Å². The fourth-order valence-electron chi connectivity index (χ4n) is 1.50. The molecule has 17 heavy (non-hydrogen) atoms. The third-order valence-electron chi connectivity index (χ3n) is 2.35. The van der Waals surface area contributed by atoms with E-state index in [1.54, 1.807) is 0 Å². The number of tetrazole rings is 1.